The molecular formula is C22H28N4O4. The Morgan fingerprint density at radius 3 is 2.67 bits per heavy atom. The van der Waals surface area contributed by atoms with Gasteiger partial charge in [0.1, 0.15) is 0 Å². The first-order chi connectivity index (χ1) is 14.5. The van der Waals surface area contributed by atoms with Crippen LogP contribution in [0.2, 0.25) is 0 Å². The first kappa shape index (κ1) is 21.5. The first-order valence-corrected chi connectivity index (χ1v) is 10.2. The fourth-order valence-corrected chi connectivity index (χ4v) is 3.59. The molecule has 0 saturated carbocycles. The number of nitrogens with zero attached hydrogens (tertiary/aromatic N) is 4. The molecule has 1 unspecified atom stereocenters. The number of carbonyl (C=O) groups excluding carboxylic acids is 3. The van der Waals surface area contributed by atoms with E-state index in [1.54, 1.807) is 37.2 Å². The molecule has 8 nitrogen and oxygen atoms in total. The van der Waals surface area contributed by atoms with E-state index in [0.29, 0.717) is 31.8 Å². The van der Waals surface area contributed by atoms with E-state index in [1.165, 1.54) is 4.90 Å². The van der Waals surface area contributed by atoms with Crippen molar-refractivity contribution >= 4 is 17.8 Å². The minimum atomic E-state index is -0.286. The van der Waals surface area contributed by atoms with E-state index in [0.717, 1.165) is 18.4 Å². The van der Waals surface area contributed by atoms with Crippen molar-refractivity contribution in [1.29, 1.82) is 0 Å². The average molecular weight is 412 g/mol. The van der Waals surface area contributed by atoms with Crippen molar-refractivity contribution in [2.45, 2.75) is 26.3 Å². The fourth-order valence-electron chi connectivity index (χ4n) is 3.59. The Bertz CT molecular complexity index is 864. The molecule has 2 heterocycles. The number of aromatic nitrogens is 2. The molecule has 30 heavy (non-hydrogen) atoms. The third kappa shape index (κ3) is 5.46. The number of likely N-dealkylation sites (tertiary alicyclic amines) is 1. The zero-order valence-corrected chi connectivity index (χ0v) is 17.5. The van der Waals surface area contributed by atoms with Crippen LogP contribution >= 0.6 is 0 Å². The van der Waals surface area contributed by atoms with Crippen LogP contribution in [0.4, 0.5) is 0 Å². The number of esters is 1. The maximum Gasteiger partial charge on any atom is 0.310 e. The number of carbonyl (C=O) groups is 3. The second-order valence-electron chi connectivity index (χ2n) is 7.49. The van der Waals surface area contributed by atoms with Crippen molar-refractivity contribution in [3.8, 4) is 0 Å². The van der Waals surface area contributed by atoms with Crippen LogP contribution in [0.3, 0.4) is 0 Å². The summed E-state index contributed by atoms with van der Waals surface area (Å²) in [5.41, 5.74) is 1.56. The van der Waals surface area contributed by atoms with Gasteiger partial charge in [0, 0.05) is 38.1 Å². The maximum absolute atomic E-state index is 12.7. The van der Waals surface area contributed by atoms with Crippen LogP contribution in [0.25, 0.3) is 0 Å². The number of likely N-dealkylation sites (N-methyl/N-ethyl adjacent to an activating group) is 1. The molecule has 1 aromatic carbocycles. The highest BCUT2D eigenvalue weighted by Crippen LogP contribution is 2.18. The summed E-state index contributed by atoms with van der Waals surface area (Å²) in [5, 5.41) is 4.17. The molecule has 1 aromatic heterocycles. The van der Waals surface area contributed by atoms with Crippen molar-refractivity contribution in [2.24, 2.45) is 5.92 Å². The third-order valence-corrected chi connectivity index (χ3v) is 5.22. The van der Waals surface area contributed by atoms with Crippen LogP contribution in [0.15, 0.2) is 42.7 Å². The molecule has 0 bridgehead atoms. The Labute approximate surface area is 176 Å². The normalized spacial score (nSPS) is 16.2. The highest BCUT2D eigenvalue weighted by molar-refractivity contribution is 5.96. The topological polar surface area (TPSA) is 84.7 Å². The Morgan fingerprint density at radius 1 is 1.23 bits per heavy atom. The maximum atomic E-state index is 12.7. The van der Waals surface area contributed by atoms with Crippen molar-refractivity contribution in [2.75, 3.05) is 33.3 Å². The quantitative estimate of drug-likeness (QED) is 0.648. The molecule has 8 heteroatoms. The van der Waals surface area contributed by atoms with Crippen LogP contribution in [0, 0.1) is 5.92 Å². The SMILES string of the molecule is CCOC(=O)C1CCCN(C(=O)CN(C)C(=O)c2ccc(Cn3cccn3)cc2)C1. The predicted octanol–water partition coefficient (Wildman–Crippen LogP) is 1.81. The molecule has 1 saturated heterocycles. The van der Waals surface area contributed by atoms with Gasteiger partial charge in [-0.2, -0.15) is 5.10 Å². The molecule has 1 aliphatic heterocycles. The molecule has 160 valence electrons. The first-order valence-electron chi connectivity index (χ1n) is 10.2. The van der Waals surface area contributed by atoms with Gasteiger partial charge in [-0.3, -0.25) is 19.1 Å². The monoisotopic (exact) mass is 412 g/mol. The van der Waals surface area contributed by atoms with Gasteiger partial charge in [-0.25, -0.2) is 0 Å². The van der Waals surface area contributed by atoms with Gasteiger partial charge in [0.25, 0.3) is 5.91 Å². The van der Waals surface area contributed by atoms with Gasteiger partial charge in [-0.15, -0.1) is 0 Å². The summed E-state index contributed by atoms with van der Waals surface area (Å²) in [7, 11) is 1.62. The number of benzene rings is 1. The average Bonchev–Trinajstić information content (AvgIpc) is 3.27. The molecule has 2 aromatic rings. The standard InChI is InChI=1S/C22H28N4O4/c1-3-30-22(29)19-6-4-12-25(15-19)20(27)16-24(2)21(28)18-9-7-17(8-10-18)14-26-13-5-11-23-26/h5,7-11,13,19H,3-4,6,12,14-16H2,1-2H3. The molecule has 1 atom stereocenters. The number of hydrogen-bond donors (Lipinski definition) is 0. The lowest BCUT2D eigenvalue weighted by atomic mass is 9.98. The van der Waals surface area contributed by atoms with Crippen LogP contribution in [-0.2, 0) is 20.9 Å². The van der Waals surface area contributed by atoms with E-state index in [9.17, 15) is 14.4 Å². The summed E-state index contributed by atoms with van der Waals surface area (Å²) >= 11 is 0. The van der Waals surface area contributed by atoms with E-state index in [1.807, 2.05) is 29.1 Å². The highest BCUT2D eigenvalue weighted by Gasteiger charge is 2.30. The summed E-state index contributed by atoms with van der Waals surface area (Å²) in [6.45, 7) is 3.66. The Morgan fingerprint density at radius 2 is 2.00 bits per heavy atom. The molecule has 1 aliphatic rings. The third-order valence-electron chi connectivity index (χ3n) is 5.22. The van der Waals surface area contributed by atoms with Crippen LogP contribution in [0.1, 0.15) is 35.7 Å². The van der Waals surface area contributed by atoms with Gasteiger partial charge < -0.3 is 14.5 Å². The molecule has 0 N–H and O–H groups in total. The van der Waals surface area contributed by atoms with Crippen LogP contribution in [0.5, 0.6) is 0 Å². The van der Waals surface area contributed by atoms with E-state index in [2.05, 4.69) is 5.10 Å². The van der Waals surface area contributed by atoms with Gasteiger partial charge in [-0.05, 0) is 43.5 Å². The summed E-state index contributed by atoms with van der Waals surface area (Å²) in [4.78, 5) is 40.4. The Hall–Kier alpha value is -3.16. The molecule has 3 rings (SSSR count). The number of ether oxygens (including phenoxy) is 1. The Balaban J connectivity index is 1.54. The van der Waals surface area contributed by atoms with E-state index in [4.69, 9.17) is 4.74 Å². The second-order valence-corrected chi connectivity index (χ2v) is 7.49. The lowest BCUT2D eigenvalue weighted by Gasteiger charge is -2.32. The molecule has 0 radical (unpaired) electrons. The van der Waals surface area contributed by atoms with Gasteiger partial charge in [0.15, 0.2) is 0 Å². The van der Waals surface area contributed by atoms with Gasteiger partial charge in [0.05, 0.1) is 25.6 Å². The lowest BCUT2D eigenvalue weighted by molar-refractivity contribution is -0.151. The fraction of sp³-hybridized carbons (Fsp3) is 0.455. The number of hydrogen-bond acceptors (Lipinski definition) is 5. The Kier molecular flexibility index (Phi) is 7.21. The highest BCUT2D eigenvalue weighted by atomic mass is 16.5. The molecule has 1 fully saturated rings. The molecular weight excluding hydrogens is 384 g/mol. The van der Waals surface area contributed by atoms with Crippen LogP contribution < -0.4 is 0 Å². The van der Waals surface area contributed by atoms with Gasteiger partial charge >= 0.3 is 5.97 Å². The minimum absolute atomic E-state index is 0.0244. The summed E-state index contributed by atoms with van der Waals surface area (Å²) in [5.74, 6) is -0.913. The zero-order chi connectivity index (χ0) is 21.5. The van der Waals surface area contributed by atoms with Crippen molar-refractivity contribution in [1.82, 2.24) is 19.6 Å². The minimum Gasteiger partial charge on any atom is -0.466 e. The van der Waals surface area contributed by atoms with Crippen molar-refractivity contribution < 1.29 is 19.1 Å². The van der Waals surface area contributed by atoms with Crippen LogP contribution in [-0.4, -0.2) is 70.7 Å². The van der Waals surface area contributed by atoms with E-state index >= 15 is 0 Å². The smallest absolute Gasteiger partial charge is 0.310 e. The van der Waals surface area contributed by atoms with E-state index in [-0.39, 0.29) is 30.2 Å². The zero-order valence-electron chi connectivity index (χ0n) is 17.5. The summed E-state index contributed by atoms with van der Waals surface area (Å²) in [6.07, 6.45) is 5.08. The van der Waals surface area contributed by atoms with Gasteiger partial charge in [0.2, 0.25) is 5.91 Å². The number of rotatable bonds is 7. The second kappa shape index (κ2) is 10.0. The molecule has 0 aliphatic carbocycles. The predicted molar refractivity (Wildman–Crippen MR) is 111 cm³/mol. The number of piperidine rings is 1. The van der Waals surface area contributed by atoms with Crippen molar-refractivity contribution in [3.05, 3.63) is 53.9 Å². The van der Waals surface area contributed by atoms with Crippen molar-refractivity contribution in [3.63, 3.8) is 0 Å². The summed E-state index contributed by atoms with van der Waals surface area (Å²) in [6, 6.07) is 9.17. The lowest BCUT2D eigenvalue weighted by Crippen LogP contribution is -2.47. The molecule has 2 amide bonds. The molecule has 0 spiro atoms. The van der Waals surface area contributed by atoms with Gasteiger partial charge in [-0.1, -0.05) is 12.1 Å². The largest absolute Gasteiger partial charge is 0.466 e. The number of amides is 2. The van der Waals surface area contributed by atoms with E-state index < -0.39 is 0 Å². The summed E-state index contributed by atoms with van der Waals surface area (Å²) < 4.78 is 6.89.